The number of nitrogens with one attached hydrogen (secondary N) is 3. The Morgan fingerprint density at radius 1 is 1.25 bits per heavy atom. The molecule has 3 aromatic rings. The highest BCUT2D eigenvalue weighted by Crippen LogP contribution is 2.33. The second-order valence-electron chi connectivity index (χ2n) is 9.23. The van der Waals surface area contributed by atoms with Crippen molar-refractivity contribution in [3.63, 3.8) is 0 Å². The van der Waals surface area contributed by atoms with Gasteiger partial charge in [-0.1, -0.05) is 5.16 Å². The summed E-state index contributed by atoms with van der Waals surface area (Å²) in [7, 11) is 1.32. The number of carbonyl (C=O) groups is 2. The number of hydrogen-bond donors (Lipinski definition) is 3. The Labute approximate surface area is 223 Å². The van der Waals surface area contributed by atoms with Gasteiger partial charge in [-0.3, -0.25) is 19.1 Å². The van der Waals surface area contributed by atoms with Crippen LogP contribution in [0.2, 0.25) is 0 Å². The molecule has 1 fully saturated rings. The van der Waals surface area contributed by atoms with Gasteiger partial charge in [-0.15, -0.1) is 5.10 Å². The van der Waals surface area contributed by atoms with Crippen molar-refractivity contribution in [1.82, 2.24) is 30.4 Å². The predicted octanol–water partition coefficient (Wildman–Crippen LogP) is 2.85. The number of anilines is 1. The van der Waals surface area contributed by atoms with Gasteiger partial charge in [-0.25, -0.2) is 9.02 Å². The molecule has 2 atom stereocenters. The number of aromatic amines is 1. The summed E-state index contributed by atoms with van der Waals surface area (Å²) in [6.07, 6.45) is 0.523. The molecule has 1 aliphatic rings. The van der Waals surface area contributed by atoms with Crippen molar-refractivity contribution in [1.29, 1.82) is 0 Å². The lowest BCUT2D eigenvalue weighted by atomic mass is 9.81. The van der Waals surface area contributed by atoms with E-state index in [0.717, 1.165) is 23.1 Å². The SMILES string of the molecule is COCC(c1cc(F)c[nH]c1=O)n1cc(NC(=O)C(NC(=O)c2nonc2C)C2CCC(=C(F)F)CC2)c(F)n1. The van der Waals surface area contributed by atoms with Crippen LogP contribution in [0, 0.1) is 24.6 Å². The van der Waals surface area contributed by atoms with Gasteiger partial charge in [0, 0.05) is 18.9 Å². The number of aryl methyl sites for hydroxylation is 1. The minimum absolute atomic E-state index is 0.0182. The van der Waals surface area contributed by atoms with Crippen molar-refractivity contribution in [3.05, 3.63) is 69.2 Å². The molecular formula is C24H25F4N7O5. The molecule has 1 aliphatic carbocycles. The van der Waals surface area contributed by atoms with Gasteiger partial charge in [0.05, 0.1) is 12.8 Å². The Bertz CT molecular complexity index is 1470. The molecule has 12 nitrogen and oxygen atoms in total. The molecule has 2 unspecified atom stereocenters. The first-order valence-electron chi connectivity index (χ1n) is 12.1. The van der Waals surface area contributed by atoms with Crippen LogP contribution in [0.15, 0.2) is 39.5 Å². The fraction of sp³-hybridized carbons (Fsp3) is 0.417. The summed E-state index contributed by atoms with van der Waals surface area (Å²) in [5.74, 6) is -4.08. The maximum atomic E-state index is 14.9. The summed E-state index contributed by atoms with van der Waals surface area (Å²) in [4.78, 5) is 40.7. The van der Waals surface area contributed by atoms with Crippen molar-refractivity contribution < 1.29 is 36.5 Å². The molecule has 0 bridgehead atoms. The Balaban J connectivity index is 1.59. The van der Waals surface area contributed by atoms with Crippen LogP contribution in [-0.2, 0) is 9.53 Å². The van der Waals surface area contributed by atoms with Crippen molar-refractivity contribution in [2.45, 2.75) is 44.7 Å². The smallest absolute Gasteiger partial charge is 0.276 e. The number of halogens is 4. The minimum atomic E-state index is -1.77. The van der Waals surface area contributed by atoms with Gasteiger partial charge >= 0.3 is 0 Å². The maximum absolute atomic E-state index is 14.9. The van der Waals surface area contributed by atoms with Gasteiger partial charge in [0.1, 0.15) is 29.3 Å². The Kier molecular flexibility index (Phi) is 8.77. The van der Waals surface area contributed by atoms with Gasteiger partial charge in [0.25, 0.3) is 23.5 Å². The lowest BCUT2D eigenvalue weighted by Crippen LogP contribution is -2.49. The number of rotatable bonds is 9. The van der Waals surface area contributed by atoms with Gasteiger partial charge in [0.2, 0.25) is 5.91 Å². The Morgan fingerprint density at radius 3 is 2.60 bits per heavy atom. The zero-order valence-corrected chi connectivity index (χ0v) is 21.3. The van der Waals surface area contributed by atoms with Crippen LogP contribution in [0.5, 0.6) is 0 Å². The molecule has 3 N–H and O–H groups in total. The topological polar surface area (TPSA) is 157 Å². The largest absolute Gasteiger partial charge is 0.382 e. The monoisotopic (exact) mass is 567 g/mol. The highest BCUT2D eigenvalue weighted by molar-refractivity contribution is 6.00. The van der Waals surface area contributed by atoms with E-state index in [0.29, 0.717) is 0 Å². The van der Waals surface area contributed by atoms with Crippen molar-refractivity contribution >= 4 is 17.5 Å². The zero-order valence-electron chi connectivity index (χ0n) is 21.3. The number of nitrogens with zero attached hydrogens (tertiary/aromatic N) is 4. The molecule has 0 spiro atoms. The third-order valence-electron chi connectivity index (χ3n) is 6.65. The molecule has 3 aromatic heterocycles. The predicted molar refractivity (Wildman–Crippen MR) is 129 cm³/mol. The lowest BCUT2D eigenvalue weighted by molar-refractivity contribution is -0.119. The molecule has 16 heteroatoms. The summed E-state index contributed by atoms with van der Waals surface area (Å²) in [6, 6.07) is -1.36. The zero-order chi connectivity index (χ0) is 29.0. The second-order valence-corrected chi connectivity index (χ2v) is 9.23. The van der Waals surface area contributed by atoms with E-state index in [1.807, 2.05) is 0 Å². The quantitative estimate of drug-likeness (QED) is 0.333. The summed E-state index contributed by atoms with van der Waals surface area (Å²) in [5, 5.41) is 15.7. The third kappa shape index (κ3) is 6.27. The highest BCUT2D eigenvalue weighted by Gasteiger charge is 2.35. The van der Waals surface area contributed by atoms with Gasteiger partial charge in [0.15, 0.2) is 5.69 Å². The van der Waals surface area contributed by atoms with E-state index in [4.69, 9.17) is 4.74 Å². The normalized spacial score (nSPS) is 16.9. The molecule has 214 valence electrons. The lowest BCUT2D eigenvalue weighted by Gasteiger charge is -2.30. The Hall–Kier alpha value is -4.34. The molecule has 1 saturated carbocycles. The molecule has 0 saturated heterocycles. The van der Waals surface area contributed by atoms with Gasteiger partial charge in [-0.2, -0.15) is 13.2 Å². The van der Waals surface area contributed by atoms with E-state index in [1.165, 1.54) is 14.0 Å². The summed E-state index contributed by atoms with van der Waals surface area (Å²) >= 11 is 0. The van der Waals surface area contributed by atoms with Crippen molar-refractivity contribution in [2.75, 3.05) is 19.0 Å². The maximum Gasteiger partial charge on any atom is 0.276 e. The first-order chi connectivity index (χ1) is 19.1. The molecule has 2 amide bonds. The van der Waals surface area contributed by atoms with Crippen LogP contribution in [0.4, 0.5) is 23.2 Å². The molecule has 40 heavy (non-hydrogen) atoms. The van der Waals surface area contributed by atoms with Crippen molar-refractivity contribution in [2.24, 2.45) is 5.92 Å². The van der Waals surface area contributed by atoms with E-state index in [1.54, 1.807) is 0 Å². The number of aromatic nitrogens is 5. The summed E-state index contributed by atoms with van der Waals surface area (Å²) < 4.78 is 65.5. The van der Waals surface area contributed by atoms with E-state index in [2.05, 4.69) is 35.7 Å². The number of H-pyrrole nitrogens is 1. The van der Waals surface area contributed by atoms with E-state index < -0.39 is 58.9 Å². The van der Waals surface area contributed by atoms with Crippen LogP contribution in [0.1, 0.15) is 53.5 Å². The van der Waals surface area contributed by atoms with Crippen molar-refractivity contribution in [3.8, 4) is 0 Å². The number of pyridine rings is 1. The van der Waals surface area contributed by atoms with Crippen LogP contribution in [0.25, 0.3) is 0 Å². The molecular weight excluding hydrogens is 542 g/mol. The molecule has 0 aromatic carbocycles. The number of ether oxygens (including phenoxy) is 1. The first kappa shape index (κ1) is 28.7. The minimum Gasteiger partial charge on any atom is -0.382 e. The molecule has 3 heterocycles. The highest BCUT2D eigenvalue weighted by atomic mass is 19.3. The standard InChI is InChI=1S/C24H25F4N7O5/c1-11-18(34-40-33-11)23(37)31-19(12-3-5-13(6-4-12)20(26)27)24(38)30-16-9-35(32-21(16)28)17(10-39-2)15-7-14(25)8-29-22(15)36/h7-9,12,17,19H,3-6,10H2,1-2H3,(H,29,36)(H,30,38)(H,31,37). The Morgan fingerprint density at radius 2 is 1.98 bits per heavy atom. The average Bonchev–Trinajstić information content (AvgIpc) is 3.52. The summed E-state index contributed by atoms with van der Waals surface area (Å²) in [5.41, 5.74) is -1.19. The molecule has 0 aliphatic heterocycles. The van der Waals surface area contributed by atoms with Gasteiger partial charge < -0.3 is 20.4 Å². The van der Waals surface area contributed by atoms with Crippen LogP contribution in [0.3, 0.4) is 0 Å². The fourth-order valence-corrected chi connectivity index (χ4v) is 4.57. The van der Waals surface area contributed by atoms with E-state index >= 15 is 0 Å². The summed E-state index contributed by atoms with van der Waals surface area (Å²) in [6.45, 7) is 1.28. The number of amides is 2. The number of methoxy groups -OCH3 is 1. The van der Waals surface area contributed by atoms with E-state index in [-0.39, 0.29) is 54.8 Å². The molecule has 0 radical (unpaired) electrons. The number of hydrogen-bond acceptors (Lipinski definition) is 8. The van der Waals surface area contributed by atoms with Crippen LogP contribution >= 0.6 is 0 Å². The van der Waals surface area contributed by atoms with Crippen LogP contribution in [-0.4, -0.2) is 56.7 Å². The number of allylic oxidation sites excluding steroid dienone is 1. The van der Waals surface area contributed by atoms with Crippen LogP contribution < -0.4 is 16.2 Å². The van der Waals surface area contributed by atoms with Gasteiger partial charge in [-0.05, 0) is 55.3 Å². The third-order valence-corrected chi connectivity index (χ3v) is 6.65. The average molecular weight is 568 g/mol. The van der Waals surface area contributed by atoms with E-state index in [9.17, 15) is 31.9 Å². The fourth-order valence-electron chi connectivity index (χ4n) is 4.57. The second kappa shape index (κ2) is 12.2. The first-order valence-corrected chi connectivity index (χ1v) is 12.1. The molecule has 4 rings (SSSR count). The number of carbonyl (C=O) groups excluding carboxylic acids is 2.